The summed E-state index contributed by atoms with van der Waals surface area (Å²) < 4.78 is 4.86. The Morgan fingerprint density at radius 2 is 0.920 bits per heavy atom. The number of carbonyl (C=O) groups excluding carboxylic acids is 1. The van der Waals surface area contributed by atoms with Gasteiger partial charge in [-0.05, 0) is 70.6 Å². The summed E-state index contributed by atoms with van der Waals surface area (Å²) in [6.45, 7) is 3.65. The monoisotopic (exact) mass is 713 g/mol. The van der Waals surface area contributed by atoms with E-state index in [4.69, 9.17) is 25.2 Å². The molecule has 0 heterocycles. The fourth-order valence-corrected chi connectivity index (χ4v) is 5.68. The Kier molecular flexibility index (Phi) is 42.0. The molecule has 0 saturated carbocycles. The summed E-state index contributed by atoms with van der Waals surface area (Å²) in [5.74, 6) is -1.70. The normalized spacial score (nSPS) is 13.3. The van der Waals surface area contributed by atoms with Crippen molar-refractivity contribution >= 4 is 11.9 Å². The van der Waals surface area contributed by atoms with Crippen molar-refractivity contribution in [3.05, 3.63) is 24.3 Å². The number of hydrogen-bond acceptors (Lipinski definition) is 7. The van der Waals surface area contributed by atoms with Crippen LogP contribution >= 0.6 is 0 Å². The predicted molar refractivity (Wildman–Crippen MR) is 207 cm³/mol. The Bertz CT molecular complexity index is 767. The zero-order valence-electron chi connectivity index (χ0n) is 32.4. The van der Waals surface area contributed by atoms with Crippen LogP contribution in [0.4, 0.5) is 0 Å². The third-order valence-electron chi connectivity index (χ3n) is 8.97. The van der Waals surface area contributed by atoms with Crippen molar-refractivity contribution in [2.45, 2.75) is 206 Å². The Morgan fingerprint density at radius 1 is 0.540 bits per heavy atom. The van der Waals surface area contributed by atoms with E-state index < -0.39 is 24.1 Å². The van der Waals surface area contributed by atoms with Crippen LogP contribution < -0.4 is 0 Å². The number of carboxylic acid groups (broad SMARTS) is 1. The number of rotatable bonds is 36. The van der Waals surface area contributed by atoms with Gasteiger partial charge in [0.1, 0.15) is 12.7 Å². The maximum atomic E-state index is 11.4. The number of esters is 1. The summed E-state index contributed by atoms with van der Waals surface area (Å²) in [5, 5.41) is 45.0. The molecule has 8 nitrogen and oxygen atoms in total. The van der Waals surface area contributed by atoms with Crippen molar-refractivity contribution in [3.8, 4) is 0 Å². The first-order valence-corrected chi connectivity index (χ1v) is 20.6. The van der Waals surface area contributed by atoms with Crippen LogP contribution in [0.25, 0.3) is 0 Å². The van der Waals surface area contributed by atoms with Crippen LogP contribution in [0.3, 0.4) is 0 Å². The molecule has 0 bridgehead atoms. The van der Waals surface area contributed by atoms with Crippen LogP contribution in [0.15, 0.2) is 24.3 Å². The predicted octanol–water partition coefficient (Wildman–Crippen LogP) is 10.00. The molecule has 0 aliphatic heterocycles. The smallest absolute Gasteiger partial charge is 0.306 e. The van der Waals surface area contributed by atoms with E-state index in [1.165, 1.54) is 103 Å². The van der Waals surface area contributed by atoms with Crippen LogP contribution in [0.1, 0.15) is 194 Å². The molecule has 0 amide bonds. The van der Waals surface area contributed by atoms with E-state index in [1.54, 1.807) is 0 Å². The quantitative estimate of drug-likeness (QED) is 0.0245. The summed E-state index contributed by atoms with van der Waals surface area (Å²) >= 11 is 0. The van der Waals surface area contributed by atoms with Crippen LogP contribution in [0.2, 0.25) is 0 Å². The molecule has 0 aromatic carbocycles. The van der Waals surface area contributed by atoms with Crippen molar-refractivity contribution in [2.75, 3.05) is 19.8 Å². The van der Waals surface area contributed by atoms with Gasteiger partial charge in [0.25, 0.3) is 0 Å². The van der Waals surface area contributed by atoms with Crippen LogP contribution in [-0.4, -0.2) is 69.5 Å². The SMILES string of the molecule is CCCCCCCC/C=C\CCCCCCC(CC(O)CO)C(=O)O.CCCCCCCC/C=C\CCCCCCCC(=O)OCC(O)CO. The number of aliphatic carboxylic acids is 1. The fourth-order valence-electron chi connectivity index (χ4n) is 5.68. The molecular weight excluding hydrogens is 632 g/mol. The maximum absolute atomic E-state index is 11.4. The van der Waals surface area contributed by atoms with E-state index in [-0.39, 0.29) is 32.2 Å². The van der Waals surface area contributed by atoms with Crippen molar-refractivity contribution in [1.29, 1.82) is 0 Å². The number of allylic oxidation sites excluding steroid dienone is 4. The number of aliphatic hydroxyl groups is 4. The van der Waals surface area contributed by atoms with E-state index in [0.29, 0.717) is 12.8 Å². The van der Waals surface area contributed by atoms with Crippen molar-refractivity contribution in [2.24, 2.45) is 5.92 Å². The molecule has 50 heavy (non-hydrogen) atoms. The van der Waals surface area contributed by atoms with Gasteiger partial charge >= 0.3 is 11.9 Å². The van der Waals surface area contributed by atoms with Gasteiger partial charge in [-0.25, -0.2) is 0 Å². The fraction of sp³-hybridized carbons (Fsp3) is 0.857. The van der Waals surface area contributed by atoms with Gasteiger partial charge in [0.2, 0.25) is 0 Å². The topological polar surface area (TPSA) is 145 Å². The highest BCUT2D eigenvalue weighted by molar-refractivity contribution is 5.70. The molecule has 8 heteroatoms. The van der Waals surface area contributed by atoms with Gasteiger partial charge < -0.3 is 30.3 Å². The molecule has 0 aliphatic rings. The van der Waals surface area contributed by atoms with Gasteiger partial charge in [0.05, 0.1) is 25.2 Å². The van der Waals surface area contributed by atoms with E-state index in [0.717, 1.165) is 57.8 Å². The summed E-state index contributed by atoms with van der Waals surface area (Å²) in [5.41, 5.74) is 0. The lowest BCUT2D eigenvalue weighted by Gasteiger charge is -2.14. The number of hydrogen-bond donors (Lipinski definition) is 5. The van der Waals surface area contributed by atoms with Crippen LogP contribution in [0.5, 0.6) is 0 Å². The van der Waals surface area contributed by atoms with Gasteiger partial charge in [-0.3, -0.25) is 9.59 Å². The number of ether oxygens (including phenoxy) is 1. The highest BCUT2D eigenvalue weighted by atomic mass is 16.5. The lowest BCUT2D eigenvalue weighted by molar-refractivity contribution is -0.147. The molecule has 0 spiro atoms. The standard InChI is InChI=1S/2C21H40O4/c1-2-3-4-5-6-7-8-9-10-11-12-13-14-15-16-19(21(24)25)17-20(23)18-22;1-2-3-4-5-6-7-8-9-10-11-12-13-14-15-16-17-21(24)25-19-20(23)18-22/h9-10,19-20,22-23H,2-8,11-18H2,1H3,(H,24,25);9-10,20,22-23H,2-8,11-19H2,1H3/b2*10-9-. The van der Waals surface area contributed by atoms with E-state index in [2.05, 4.69) is 38.2 Å². The molecule has 0 aromatic rings. The summed E-state index contributed by atoms with van der Waals surface area (Å²) in [6.07, 6.45) is 39.0. The molecule has 296 valence electrons. The zero-order valence-corrected chi connectivity index (χ0v) is 32.4. The molecule has 0 aliphatic carbocycles. The third-order valence-corrected chi connectivity index (χ3v) is 8.97. The number of unbranched alkanes of at least 4 members (excludes halogenated alkanes) is 21. The number of carbonyl (C=O) groups is 2. The molecule has 3 unspecified atom stereocenters. The van der Waals surface area contributed by atoms with Crippen LogP contribution in [-0.2, 0) is 14.3 Å². The van der Waals surface area contributed by atoms with Gasteiger partial charge in [-0.15, -0.1) is 0 Å². The third kappa shape index (κ3) is 40.7. The summed E-state index contributed by atoms with van der Waals surface area (Å²) in [6, 6.07) is 0. The minimum absolute atomic E-state index is 0.111. The van der Waals surface area contributed by atoms with Gasteiger partial charge in [0.15, 0.2) is 0 Å². The first kappa shape index (κ1) is 50.4. The highest BCUT2D eigenvalue weighted by Gasteiger charge is 2.20. The van der Waals surface area contributed by atoms with Crippen molar-refractivity contribution in [3.63, 3.8) is 0 Å². The molecular formula is C42H80O8. The zero-order chi connectivity index (χ0) is 37.3. The van der Waals surface area contributed by atoms with E-state index in [1.807, 2.05) is 0 Å². The lowest BCUT2D eigenvalue weighted by Crippen LogP contribution is -2.23. The first-order chi connectivity index (χ1) is 24.3. The highest BCUT2D eigenvalue weighted by Crippen LogP contribution is 2.18. The number of carboxylic acids is 1. The molecule has 0 fully saturated rings. The molecule has 5 N–H and O–H groups in total. The maximum Gasteiger partial charge on any atom is 0.306 e. The molecule has 0 radical (unpaired) electrons. The Labute approximate surface area is 307 Å². The minimum atomic E-state index is -0.960. The van der Waals surface area contributed by atoms with Crippen molar-refractivity contribution in [1.82, 2.24) is 0 Å². The second-order valence-corrected chi connectivity index (χ2v) is 14.0. The molecule has 0 saturated heterocycles. The Balaban J connectivity index is 0. The molecule has 0 rings (SSSR count). The number of aliphatic hydroxyl groups excluding tert-OH is 4. The summed E-state index contributed by atoms with van der Waals surface area (Å²) in [7, 11) is 0. The van der Waals surface area contributed by atoms with E-state index >= 15 is 0 Å². The minimum Gasteiger partial charge on any atom is -0.481 e. The largest absolute Gasteiger partial charge is 0.481 e. The lowest BCUT2D eigenvalue weighted by atomic mass is 9.95. The van der Waals surface area contributed by atoms with E-state index in [9.17, 15) is 14.7 Å². The second-order valence-electron chi connectivity index (χ2n) is 14.0. The van der Waals surface area contributed by atoms with Crippen LogP contribution in [0, 0.1) is 5.92 Å². The van der Waals surface area contributed by atoms with Gasteiger partial charge in [-0.1, -0.05) is 141 Å². The molecule has 3 atom stereocenters. The average Bonchev–Trinajstić information content (AvgIpc) is 3.11. The average molecular weight is 713 g/mol. The molecule has 0 aromatic heterocycles. The van der Waals surface area contributed by atoms with Gasteiger partial charge in [0, 0.05) is 6.42 Å². The first-order valence-electron chi connectivity index (χ1n) is 20.6. The Morgan fingerprint density at radius 3 is 1.32 bits per heavy atom. The summed E-state index contributed by atoms with van der Waals surface area (Å²) in [4.78, 5) is 22.5. The Hall–Kier alpha value is -1.74. The second kappa shape index (κ2) is 41.7. The van der Waals surface area contributed by atoms with Gasteiger partial charge in [-0.2, -0.15) is 0 Å². The van der Waals surface area contributed by atoms with Crippen molar-refractivity contribution < 1.29 is 39.9 Å².